The first-order chi connectivity index (χ1) is 18.4. The SMILES string of the molecule is CCCC(O)c1ccc(-c2ccc(OCc3ccc(-c4ccc(C5CO5)c(F)c4F)cc3)c(F)c2F)cc1. The molecule has 5 rings (SSSR count). The van der Waals surface area contributed by atoms with E-state index in [1.165, 1.54) is 24.3 Å². The van der Waals surface area contributed by atoms with Crippen molar-refractivity contribution in [1.82, 2.24) is 0 Å². The van der Waals surface area contributed by atoms with Gasteiger partial charge in [-0.2, -0.15) is 4.39 Å². The standard InChI is InChI=1S/C31H26F4O3/c1-2-3-25(36)21-10-8-20(9-11-21)23-14-15-26(31(35)29(23)33)37-16-18-4-6-19(7-5-18)22-12-13-24(27-17-38-27)30(34)28(22)32/h4-15,25,27,36H,2-3,16-17H2,1H3. The second kappa shape index (κ2) is 11.0. The van der Waals surface area contributed by atoms with Crippen LogP contribution in [-0.4, -0.2) is 11.7 Å². The lowest BCUT2D eigenvalue weighted by atomic mass is 9.99. The highest BCUT2D eigenvalue weighted by molar-refractivity contribution is 5.66. The Kier molecular flexibility index (Phi) is 7.49. The van der Waals surface area contributed by atoms with Crippen LogP contribution in [0.2, 0.25) is 0 Å². The Balaban J connectivity index is 1.27. The molecule has 1 aliphatic heterocycles. The van der Waals surface area contributed by atoms with Crippen LogP contribution in [0.25, 0.3) is 22.3 Å². The van der Waals surface area contributed by atoms with Gasteiger partial charge in [0.2, 0.25) is 5.82 Å². The predicted octanol–water partition coefficient (Wildman–Crippen LogP) is 8.06. The van der Waals surface area contributed by atoms with Crippen molar-refractivity contribution >= 4 is 0 Å². The van der Waals surface area contributed by atoms with E-state index in [1.54, 1.807) is 48.5 Å². The molecule has 38 heavy (non-hydrogen) atoms. The summed E-state index contributed by atoms with van der Waals surface area (Å²) in [5.74, 6) is -4.23. The molecule has 3 nitrogen and oxygen atoms in total. The molecule has 1 saturated heterocycles. The smallest absolute Gasteiger partial charge is 0.201 e. The first-order valence-electron chi connectivity index (χ1n) is 12.4. The molecule has 4 aromatic carbocycles. The fourth-order valence-electron chi connectivity index (χ4n) is 4.40. The quantitative estimate of drug-likeness (QED) is 0.179. The van der Waals surface area contributed by atoms with E-state index < -0.39 is 29.4 Å². The highest BCUT2D eigenvalue weighted by Gasteiger charge is 2.30. The second-order valence-corrected chi connectivity index (χ2v) is 9.30. The van der Waals surface area contributed by atoms with Gasteiger partial charge in [-0.05, 0) is 40.8 Å². The summed E-state index contributed by atoms with van der Waals surface area (Å²) in [6, 6.07) is 19.1. The second-order valence-electron chi connectivity index (χ2n) is 9.30. The number of aliphatic hydroxyl groups excluding tert-OH is 1. The molecule has 1 N–H and O–H groups in total. The van der Waals surface area contributed by atoms with Gasteiger partial charge in [0, 0.05) is 16.7 Å². The van der Waals surface area contributed by atoms with Gasteiger partial charge in [0.1, 0.15) is 12.7 Å². The molecule has 1 heterocycles. The molecule has 0 aliphatic carbocycles. The van der Waals surface area contributed by atoms with Crippen LogP contribution in [0, 0.1) is 23.3 Å². The normalized spacial score (nSPS) is 15.4. The molecule has 0 bridgehead atoms. The number of rotatable bonds is 9. The Morgan fingerprint density at radius 1 is 0.789 bits per heavy atom. The topological polar surface area (TPSA) is 42.0 Å². The lowest BCUT2D eigenvalue weighted by Crippen LogP contribution is -2.01. The van der Waals surface area contributed by atoms with Gasteiger partial charge in [0.25, 0.3) is 0 Å². The number of epoxide rings is 1. The molecule has 2 unspecified atom stereocenters. The van der Waals surface area contributed by atoms with E-state index in [2.05, 4.69) is 0 Å². The Morgan fingerprint density at radius 2 is 1.37 bits per heavy atom. The largest absolute Gasteiger partial charge is 0.486 e. The van der Waals surface area contributed by atoms with Gasteiger partial charge in [-0.3, -0.25) is 0 Å². The Morgan fingerprint density at radius 3 is 1.97 bits per heavy atom. The van der Waals surface area contributed by atoms with Gasteiger partial charge < -0.3 is 14.6 Å². The predicted molar refractivity (Wildman–Crippen MR) is 136 cm³/mol. The number of hydrogen-bond donors (Lipinski definition) is 1. The number of halogens is 4. The minimum atomic E-state index is -1.11. The summed E-state index contributed by atoms with van der Waals surface area (Å²) in [5.41, 5.74) is 2.74. The van der Waals surface area contributed by atoms with E-state index in [0.717, 1.165) is 12.0 Å². The average Bonchev–Trinajstić information content (AvgIpc) is 3.77. The van der Waals surface area contributed by atoms with Crippen LogP contribution < -0.4 is 4.74 Å². The minimum Gasteiger partial charge on any atom is -0.486 e. The zero-order chi connectivity index (χ0) is 26.8. The van der Waals surface area contributed by atoms with Crippen molar-refractivity contribution in [3.05, 3.63) is 113 Å². The fraction of sp³-hybridized carbons (Fsp3) is 0.226. The summed E-state index contributed by atoms with van der Waals surface area (Å²) in [7, 11) is 0. The number of aliphatic hydroxyl groups is 1. The minimum absolute atomic E-state index is 0.0468. The molecular weight excluding hydrogens is 496 g/mol. The Bertz CT molecular complexity index is 1430. The third-order valence-corrected chi connectivity index (χ3v) is 6.67. The number of benzene rings is 4. The zero-order valence-corrected chi connectivity index (χ0v) is 20.7. The van der Waals surface area contributed by atoms with Crippen LogP contribution in [-0.2, 0) is 11.3 Å². The molecule has 7 heteroatoms. The maximum Gasteiger partial charge on any atom is 0.201 e. The summed E-state index contributed by atoms with van der Waals surface area (Å²) in [4.78, 5) is 0. The van der Waals surface area contributed by atoms with Crippen LogP contribution >= 0.6 is 0 Å². The van der Waals surface area contributed by atoms with Crippen molar-refractivity contribution in [2.75, 3.05) is 6.61 Å². The molecule has 0 amide bonds. The summed E-state index contributed by atoms with van der Waals surface area (Å²) < 4.78 is 69.2. The van der Waals surface area contributed by atoms with Gasteiger partial charge in [-0.25, -0.2) is 13.2 Å². The van der Waals surface area contributed by atoms with E-state index in [0.29, 0.717) is 29.7 Å². The van der Waals surface area contributed by atoms with Gasteiger partial charge in [-0.1, -0.05) is 74.0 Å². The summed E-state index contributed by atoms with van der Waals surface area (Å²) in [6.07, 6.45) is 0.471. The van der Waals surface area contributed by atoms with Gasteiger partial charge in [0.05, 0.1) is 12.7 Å². The van der Waals surface area contributed by atoms with E-state index >= 15 is 0 Å². The third kappa shape index (κ3) is 5.30. The lowest BCUT2D eigenvalue weighted by molar-refractivity contribution is 0.166. The fourth-order valence-corrected chi connectivity index (χ4v) is 4.40. The van der Waals surface area contributed by atoms with Crippen molar-refractivity contribution < 1.29 is 32.1 Å². The van der Waals surface area contributed by atoms with Crippen molar-refractivity contribution in [3.8, 4) is 28.0 Å². The van der Waals surface area contributed by atoms with E-state index in [1.807, 2.05) is 6.92 Å². The molecule has 4 aromatic rings. The highest BCUT2D eigenvalue weighted by Crippen LogP contribution is 2.36. The highest BCUT2D eigenvalue weighted by atomic mass is 19.2. The maximum atomic E-state index is 14.9. The first-order valence-corrected chi connectivity index (χ1v) is 12.4. The van der Waals surface area contributed by atoms with Crippen LogP contribution in [0.1, 0.15) is 48.7 Å². The molecule has 0 saturated carbocycles. The molecule has 2 atom stereocenters. The zero-order valence-electron chi connectivity index (χ0n) is 20.7. The number of ether oxygens (including phenoxy) is 2. The summed E-state index contributed by atoms with van der Waals surface area (Å²) in [5, 5.41) is 10.1. The molecule has 0 radical (unpaired) electrons. The van der Waals surface area contributed by atoms with Crippen LogP contribution in [0.5, 0.6) is 5.75 Å². The van der Waals surface area contributed by atoms with Crippen molar-refractivity contribution in [3.63, 3.8) is 0 Å². The maximum absolute atomic E-state index is 14.9. The van der Waals surface area contributed by atoms with E-state index in [-0.39, 0.29) is 35.2 Å². The van der Waals surface area contributed by atoms with Gasteiger partial charge in [0.15, 0.2) is 23.2 Å². The van der Waals surface area contributed by atoms with Gasteiger partial charge >= 0.3 is 0 Å². The molecule has 0 aromatic heterocycles. The van der Waals surface area contributed by atoms with E-state index in [4.69, 9.17) is 9.47 Å². The monoisotopic (exact) mass is 522 g/mol. The summed E-state index contributed by atoms with van der Waals surface area (Å²) >= 11 is 0. The third-order valence-electron chi connectivity index (χ3n) is 6.67. The lowest BCUT2D eigenvalue weighted by Gasteiger charge is -2.13. The average molecular weight is 523 g/mol. The number of hydrogen-bond acceptors (Lipinski definition) is 3. The van der Waals surface area contributed by atoms with Crippen LogP contribution in [0.4, 0.5) is 17.6 Å². The van der Waals surface area contributed by atoms with Gasteiger partial charge in [-0.15, -0.1) is 0 Å². The molecule has 196 valence electrons. The molecule has 1 aliphatic rings. The first kappa shape index (κ1) is 25.9. The molecule has 0 spiro atoms. The molecular formula is C31H26F4O3. The van der Waals surface area contributed by atoms with Crippen molar-refractivity contribution in [2.45, 2.75) is 38.6 Å². The summed E-state index contributed by atoms with van der Waals surface area (Å²) in [6.45, 7) is 2.31. The Hall–Kier alpha value is -3.68. The molecule has 1 fully saturated rings. The van der Waals surface area contributed by atoms with Crippen LogP contribution in [0.3, 0.4) is 0 Å². The Labute approximate surface area is 218 Å². The van der Waals surface area contributed by atoms with Crippen LogP contribution in [0.15, 0.2) is 72.8 Å². The van der Waals surface area contributed by atoms with Crippen molar-refractivity contribution in [1.29, 1.82) is 0 Å². The van der Waals surface area contributed by atoms with E-state index in [9.17, 15) is 22.7 Å². The van der Waals surface area contributed by atoms with Crippen molar-refractivity contribution in [2.24, 2.45) is 0 Å².